The number of carbonyl (C=O) groups excluding carboxylic acids is 2. The monoisotopic (exact) mass is 338 g/mol. The molecule has 1 N–H and O–H groups in total. The molecule has 0 aliphatic heterocycles. The Morgan fingerprint density at radius 3 is 2.52 bits per heavy atom. The molecule has 6 nitrogen and oxygen atoms in total. The molecule has 0 radical (unpaired) electrons. The van der Waals surface area contributed by atoms with E-state index >= 15 is 0 Å². The molecule has 6 heteroatoms. The number of amides is 2. The number of carbonyl (C=O) groups is 2. The van der Waals surface area contributed by atoms with E-state index in [0.29, 0.717) is 17.9 Å². The third kappa shape index (κ3) is 4.60. The van der Waals surface area contributed by atoms with Gasteiger partial charge in [-0.3, -0.25) is 9.59 Å². The molecule has 0 spiro atoms. The fourth-order valence-electron chi connectivity index (χ4n) is 2.40. The van der Waals surface area contributed by atoms with Gasteiger partial charge in [0.2, 0.25) is 5.91 Å². The first-order valence-corrected chi connectivity index (χ1v) is 7.87. The number of hydrogen-bond acceptors (Lipinski definition) is 4. The zero-order chi connectivity index (χ0) is 17.5. The van der Waals surface area contributed by atoms with Gasteiger partial charge in [0.15, 0.2) is 0 Å². The zero-order valence-electron chi connectivity index (χ0n) is 13.6. The highest BCUT2D eigenvalue weighted by atomic mass is 16.3. The Labute approximate surface area is 145 Å². The van der Waals surface area contributed by atoms with E-state index in [0.717, 1.165) is 5.56 Å². The standard InChI is InChI=1S/C19H18N2O4/c22-18(20-11-17-7-4-9-25-17)13-21(12-15-5-2-1-3-6-15)19(23)16-8-10-24-14-16/h1-10,14H,11-13H2,(H,20,22). The van der Waals surface area contributed by atoms with Crippen molar-refractivity contribution < 1.29 is 18.4 Å². The molecule has 2 heterocycles. The molecule has 0 atom stereocenters. The van der Waals surface area contributed by atoms with Crippen LogP contribution < -0.4 is 5.32 Å². The molecular formula is C19H18N2O4. The predicted octanol–water partition coefficient (Wildman–Crippen LogP) is 2.83. The molecule has 0 fully saturated rings. The topological polar surface area (TPSA) is 75.7 Å². The summed E-state index contributed by atoms with van der Waals surface area (Å²) in [6, 6.07) is 14.6. The van der Waals surface area contributed by atoms with Crippen LogP contribution in [0.5, 0.6) is 0 Å². The van der Waals surface area contributed by atoms with Gasteiger partial charge in [-0.15, -0.1) is 0 Å². The third-order valence-electron chi connectivity index (χ3n) is 3.65. The highest BCUT2D eigenvalue weighted by Gasteiger charge is 2.20. The molecule has 0 unspecified atom stereocenters. The molecule has 2 amide bonds. The van der Waals surface area contributed by atoms with Gasteiger partial charge in [-0.1, -0.05) is 30.3 Å². The minimum absolute atomic E-state index is 0.0559. The second-order valence-electron chi connectivity index (χ2n) is 5.51. The van der Waals surface area contributed by atoms with Crippen LogP contribution in [0.25, 0.3) is 0 Å². The van der Waals surface area contributed by atoms with Crippen molar-refractivity contribution in [3.05, 3.63) is 84.2 Å². The van der Waals surface area contributed by atoms with Crippen LogP contribution in [0.15, 0.2) is 76.2 Å². The first-order chi connectivity index (χ1) is 12.2. The van der Waals surface area contributed by atoms with E-state index in [1.165, 1.54) is 17.4 Å². The van der Waals surface area contributed by atoms with Crippen molar-refractivity contribution in [1.82, 2.24) is 10.2 Å². The van der Waals surface area contributed by atoms with Gasteiger partial charge in [0, 0.05) is 6.54 Å². The van der Waals surface area contributed by atoms with Gasteiger partial charge in [-0.25, -0.2) is 0 Å². The van der Waals surface area contributed by atoms with E-state index in [9.17, 15) is 9.59 Å². The van der Waals surface area contributed by atoms with Crippen molar-refractivity contribution in [2.75, 3.05) is 6.54 Å². The Morgan fingerprint density at radius 2 is 1.84 bits per heavy atom. The van der Waals surface area contributed by atoms with Crippen LogP contribution in [0.1, 0.15) is 21.7 Å². The van der Waals surface area contributed by atoms with E-state index in [1.54, 1.807) is 24.5 Å². The first-order valence-electron chi connectivity index (χ1n) is 7.87. The van der Waals surface area contributed by atoms with Crippen LogP contribution >= 0.6 is 0 Å². The number of rotatable bonds is 7. The zero-order valence-corrected chi connectivity index (χ0v) is 13.6. The lowest BCUT2D eigenvalue weighted by atomic mass is 10.2. The SMILES string of the molecule is O=C(CN(Cc1ccccc1)C(=O)c1ccoc1)NCc1ccco1. The van der Waals surface area contributed by atoms with Gasteiger partial charge in [0.1, 0.15) is 18.6 Å². The summed E-state index contributed by atoms with van der Waals surface area (Å²) in [5, 5.41) is 2.75. The minimum Gasteiger partial charge on any atom is -0.472 e. The van der Waals surface area contributed by atoms with Gasteiger partial charge < -0.3 is 19.1 Å². The lowest BCUT2D eigenvalue weighted by molar-refractivity contribution is -0.122. The Bertz CT molecular complexity index is 795. The minimum atomic E-state index is -0.260. The maximum Gasteiger partial charge on any atom is 0.257 e. The Balaban J connectivity index is 1.67. The fraction of sp³-hybridized carbons (Fsp3) is 0.158. The average molecular weight is 338 g/mol. The maximum absolute atomic E-state index is 12.6. The first kappa shape index (κ1) is 16.6. The Morgan fingerprint density at radius 1 is 1.00 bits per heavy atom. The average Bonchev–Trinajstić information content (AvgIpc) is 3.33. The largest absolute Gasteiger partial charge is 0.472 e. The van der Waals surface area contributed by atoms with Crippen LogP contribution in [0.3, 0.4) is 0 Å². The summed E-state index contributed by atoms with van der Waals surface area (Å²) in [5.74, 6) is 0.138. The van der Waals surface area contributed by atoms with Crippen molar-refractivity contribution in [2.24, 2.45) is 0 Å². The molecular weight excluding hydrogens is 320 g/mol. The molecule has 0 saturated carbocycles. The number of nitrogens with zero attached hydrogens (tertiary/aromatic N) is 1. The highest BCUT2D eigenvalue weighted by molar-refractivity contribution is 5.96. The van der Waals surface area contributed by atoms with Crippen molar-refractivity contribution >= 4 is 11.8 Å². The molecule has 3 aromatic rings. The van der Waals surface area contributed by atoms with E-state index in [1.807, 2.05) is 30.3 Å². The van der Waals surface area contributed by atoms with Gasteiger partial charge >= 0.3 is 0 Å². The quantitative estimate of drug-likeness (QED) is 0.719. The van der Waals surface area contributed by atoms with Crippen molar-refractivity contribution in [2.45, 2.75) is 13.1 Å². The Hall–Kier alpha value is -3.28. The molecule has 2 aromatic heterocycles. The van der Waals surface area contributed by atoms with Crippen molar-refractivity contribution in [3.63, 3.8) is 0 Å². The maximum atomic E-state index is 12.6. The summed E-state index contributed by atoms with van der Waals surface area (Å²) in [7, 11) is 0. The van der Waals surface area contributed by atoms with E-state index in [2.05, 4.69) is 5.32 Å². The van der Waals surface area contributed by atoms with E-state index < -0.39 is 0 Å². The number of hydrogen-bond donors (Lipinski definition) is 1. The highest BCUT2D eigenvalue weighted by Crippen LogP contribution is 2.10. The summed E-state index contributed by atoms with van der Waals surface area (Å²) in [6.45, 7) is 0.559. The summed E-state index contributed by atoms with van der Waals surface area (Å²) < 4.78 is 10.2. The lowest BCUT2D eigenvalue weighted by Gasteiger charge is -2.21. The van der Waals surface area contributed by atoms with Gasteiger partial charge in [0.05, 0.1) is 24.6 Å². The second kappa shape index (κ2) is 8.01. The molecule has 128 valence electrons. The summed E-state index contributed by atoms with van der Waals surface area (Å²) in [6.07, 6.45) is 4.36. The normalized spacial score (nSPS) is 10.4. The third-order valence-corrected chi connectivity index (χ3v) is 3.65. The summed E-state index contributed by atoms with van der Waals surface area (Å²) in [5.41, 5.74) is 1.35. The van der Waals surface area contributed by atoms with E-state index in [-0.39, 0.29) is 24.9 Å². The molecule has 3 rings (SSSR count). The number of benzene rings is 1. The van der Waals surface area contributed by atoms with Crippen LogP contribution in [-0.4, -0.2) is 23.3 Å². The van der Waals surface area contributed by atoms with Crippen LogP contribution in [0, 0.1) is 0 Å². The van der Waals surface area contributed by atoms with Gasteiger partial charge in [0.25, 0.3) is 5.91 Å². The van der Waals surface area contributed by atoms with Crippen LogP contribution in [0.4, 0.5) is 0 Å². The molecule has 0 aliphatic rings. The van der Waals surface area contributed by atoms with Crippen molar-refractivity contribution in [3.8, 4) is 0 Å². The van der Waals surface area contributed by atoms with Crippen LogP contribution in [0.2, 0.25) is 0 Å². The van der Waals surface area contributed by atoms with Gasteiger partial charge in [-0.2, -0.15) is 0 Å². The van der Waals surface area contributed by atoms with E-state index in [4.69, 9.17) is 8.83 Å². The number of nitrogens with one attached hydrogen (secondary N) is 1. The van der Waals surface area contributed by atoms with Crippen LogP contribution in [-0.2, 0) is 17.9 Å². The molecule has 0 bridgehead atoms. The second-order valence-corrected chi connectivity index (χ2v) is 5.51. The molecule has 1 aromatic carbocycles. The summed E-state index contributed by atoms with van der Waals surface area (Å²) in [4.78, 5) is 26.4. The fourth-order valence-corrected chi connectivity index (χ4v) is 2.40. The Kier molecular flexibility index (Phi) is 5.31. The number of furan rings is 2. The smallest absolute Gasteiger partial charge is 0.257 e. The molecule has 0 aliphatic carbocycles. The van der Waals surface area contributed by atoms with Crippen molar-refractivity contribution in [1.29, 1.82) is 0 Å². The molecule has 25 heavy (non-hydrogen) atoms. The predicted molar refractivity (Wildman–Crippen MR) is 90.4 cm³/mol. The summed E-state index contributed by atoms with van der Waals surface area (Å²) >= 11 is 0. The van der Waals surface area contributed by atoms with Gasteiger partial charge in [-0.05, 0) is 23.8 Å². The molecule has 0 saturated heterocycles. The lowest BCUT2D eigenvalue weighted by Crippen LogP contribution is -2.40.